The number of hydrogen-bond acceptors (Lipinski definition) is 3. The molecule has 92 valence electrons. The molecule has 0 aliphatic carbocycles. The smallest absolute Gasteiger partial charge is 0.328 e. The van der Waals surface area contributed by atoms with Crippen LogP contribution in [-0.4, -0.2) is 61.2 Å². The molecule has 0 saturated carbocycles. The second kappa shape index (κ2) is 6.66. The van der Waals surface area contributed by atoms with E-state index in [1.54, 1.807) is 6.08 Å². The quantitative estimate of drug-likeness (QED) is 0.707. The number of aliphatic carboxylic acids is 1. The molecule has 1 heterocycles. The number of piperidine rings is 1. The number of carboxylic acid groups (broad SMARTS) is 1. The molecule has 0 aromatic heterocycles. The lowest BCUT2D eigenvalue weighted by Gasteiger charge is -2.32. The first-order valence-electron chi connectivity index (χ1n) is 5.84. The Morgan fingerprint density at radius 2 is 2.38 bits per heavy atom. The van der Waals surface area contributed by atoms with Gasteiger partial charge in [0.05, 0.1) is 0 Å². The number of likely N-dealkylation sites (N-methyl/N-ethyl adjacent to an activating group) is 1. The van der Waals surface area contributed by atoms with E-state index in [0.29, 0.717) is 6.54 Å². The largest absolute Gasteiger partial charge is 0.478 e. The molecule has 1 fully saturated rings. The van der Waals surface area contributed by atoms with Gasteiger partial charge in [0, 0.05) is 25.7 Å². The molecule has 0 spiro atoms. The van der Waals surface area contributed by atoms with Gasteiger partial charge < -0.3 is 14.9 Å². The maximum atomic E-state index is 10.3. The lowest BCUT2D eigenvalue weighted by atomic mass is 9.98. The molecule has 1 N–H and O–H groups in total. The van der Waals surface area contributed by atoms with Crippen molar-refractivity contribution in [1.29, 1.82) is 0 Å². The van der Waals surface area contributed by atoms with Gasteiger partial charge in [0.2, 0.25) is 0 Å². The van der Waals surface area contributed by atoms with E-state index in [4.69, 9.17) is 5.11 Å². The molecule has 0 bridgehead atoms. The molecule has 1 unspecified atom stereocenters. The maximum Gasteiger partial charge on any atom is 0.328 e. The highest BCUT2D eigenvalue weighted by molar-refractivity contribution is 5.79. The standard InChI is InChI=1S/C12H22N2O2/c1-13-7-3-5-11(9-13)10-14(2)8-4-6-12(15)16/h4,6,11H,3,5,7-10H2,1-2H3,(H,15,16)/b6-4+. The van der Waals surface area contributed by atoms with Crippen LogP contribution in [0.1, 0.15) is 12.8 Å². The molecule has 0 amide bonds. The van der Waals surface area contributed by atoms with Gasteiger partial charge >= 0.3 is 5.97 Å². The van der Waals surface area contributed by atoms with Gasteiger partial charge in [0.25, 0.3) is 0 Å². The summed E-state index contributed by atoms with van der Waals surface area (Å²) in [5.74, 6) is -0.146. The first-order chi connectivity index (χ1) is 7.58. The van der Waals surface area contributed by atoms with E-state index in [0.717, 1.165) is 19.0 Å². The van der Waals surface area contributed by atoms with Crippen LogP contribution in [0.3, 0.4) is 0 Å². The Morgan fingerprint density at radius 1 is 1.62 bits per heavy atom. The van der Waals surface area contributed by atoms with Crippen LogP contribution < -0.4 is 0 Å². The third kappa shape index (κ3) is 5.28. The molecular weight excluding hydrogens is 204 g/mol. The highest BCUT2D eigenvalue weighted by Gasteiger charge is 2.17. The van der Waals surface area contributed by atoms with Crippen LogP contribution in [0.4, 0.5) is 0 Å². The van der Waals surface area contributed by atoms with Gasteiger partial charge in [-0.05, 0) is 39.4 Å². The van der Waals surface area contributed by atoms with Gasteiger partial charge in [0.1, 0.15) is 0 Å². The molecule has 4 heteroatoms. The summed E-state index contributed by atoms with van der Waals surface area (Å²) in [6.07, 6.45) is 5.48. The zero-order valence-corrected chi connectivity index (χ0v) is 10.2. The zero-order valence-electron chi connectivity index (χ0n) is 10.2. The van der Waals surface area contributed by atoms with E-state index in [1.165, 1.54) is 25.5 Å². The fraction of sp³-hybridized carbons (Fsp3) is 0.750. The lowest BCUT2D eigenvalue weighted by Crippen LogP contribution is -2.38. The van der Waals surface area contributed by atoms with Crippen molar-refractivity contribution in [2.24, 2.45) is 5.92 Å². The Hall–Kier alpha value is -0.870. The van der Waals surface area contributed by atoms with Crippen molar-refractivity contribution in [2.75, 3.05) is 40.3 Å². The fourth-order valence-electron chi connectivity index (χ4n) is 2.27. The Morgan fingerprint density at radius 3 is 3.00 bits per heavy atom. The SMILES string of the molecule is CN(C/C=C/C(=O)O)CC1CCCN(C)C1. The Labute approximate surface area is 97.5 Å². The molecule has 0 aromatic carbocycles. The summed E-state index contributed by atoms with van der Waals surface area (Å²) in [4.78, 5) is 14.9. The number of nitrogens with zero attached hydrogens (tertiary/aromatic N) is 2. The average Bonchev–Trinajstić information content (AvgIpc) is 2.16. The summed E-state index contributed by atoms with van der Waals surface area (Å²) >= 11 is 0. The third-order valence-corrected chi connectivity index (χ3v) is 2.97. The molecule has 1 aliphatic rings. The molecule has 4 nitrogen and oxygen atoms in total. The molecule has 1 rings (SSSR count). The lowest BCUT2D eigenvalue weighted by molar-refractivity contribution is -0.131. The van der Waals surface area contributed by atoms with Crippen molar-refractivity contribution in [3.8, 4) is 0 Å². The number of rotatable bonds is 5. The number of carboxylic acids is 1. The maximum absolute atomic E-state index is 10.3. The second-order valence-electron chi connectivity index (χ2n) is 4.73. The molecule has 1 saturated heterocycles. The van der Waals surface area contributed by atoms with Gasteiger partial charge in [-0.25, -0.2) is 4.79 Å². The van der Waals surface area contributed by atoms with Crippen LogP contribution in [0.15, 0.2) is 12.2 Å². The minimum absolute atomic E-state index is 0.715. The molecule has 0 aromatic rings. The summed E-state index contributed by atoms with van der Waals surface area (Å²) in [5.41, 5.74) is 0. The first kappa shape index (κ1) is 13.2. The third-order valence-electron chi connectivity index (χ3n) is 2.97. The Balaban J connectivity index is 2.22. The van der Waals surface area contributed by atoms with Crippen molar-refractivity contribution in [3.63, 3.8) is 0 Å². The topological polar surface area (TPSA) is 43.8 Å². The highest BCUT2D eigenvalue weighted by Crippen LogP contribution is 2.15. The predicted molar refractivity (Wildman–Crippen MR) is 64.5 cm³/mol. The van der Waals surface area contributed by atoms with Crippen LogP contribution >= 0.6 is 0 Å². The Kier molecular flexibility index (Phi) is 5.49. The fourth-order valence-corrected chi connectivity index (χ4v) is 2.27. The number of likely N-dealkylation sites (tertiary alicyclic amines) is 1. The second-order valence-corrected chi connectivity index (χ2v) is 4.73. The Bertz CT molecular complexity index is 253. The molecule has 1 atom stereocenters. The summed E-state index contributed by atoms with van der Waals surface area (Å²) in [7, 11) is 4.21. The summed E-state index contributed by atoms with van der Waals surface area (Å²) in [5, 5.41) is 8.47. The van der Waals surface area contributed by atoms with Crippen molar-refractivity contribution < 1.29 is 9.90 Å². The van der Waals surface area contributed by atoms with Gasteiger partial charge in [-0.1, -0.05) is 6.08 Å². The van der Waals surface area contributed by atoms with Crippen LogP contribution in [0.2, 0.25) is 0 Å². The first-order valence-corrected chi connectivity index (χ1v) is 5.84. The van der Waals surface area contributed by atoms with Crippen molar-refractivity contribution in [3.05, 3.63) is 12.2 Å². The molecule has 1 aliphatic heterocycles. The summed E-state index contributed by atoms with van der Waals surface area (Å²) < 4.78 is 0. The summed E-state index contributed by atoms with van der Waals surface area (Å²) in [6.45, 7) is 4.13. The minimum Gasteiger partial charge on any atom is -0.478 e. The minimum atomic E-state index is -0.870. The van der Waals surface area contributed by atoms with E-state index in [-0.39, 0.29) is 0 Å². The zero-order chi connectivity index (χ0) is 12.0. The van der Waals surface area contributed by atoms with Gasteiger partial charge in [-0.3, -0.25) is 0 Å². The van der Waals surface area contributed by atoms with Crippen LogP contribution in [0.25, 0.3) is 0 Å². The van der Waals surface area contributed by atoms with Gasteiger partial charge in [0.15, 0.2) is 0 Å². The van der Waals surface area contributed by atoms with Gasteiger partial charge in [-0.2, -0.15) is 0 Å². The monoisotopic (exact) mass is 226 g/mol. The van der Waals surface area contributed by atoms with E-state index in [2.05, 4.69) is 16.8 Å². The van der Waals surface area contributed by atoms with E-state index < -0.39 is 5.97 Å². The van der Waals surface area contributed by atoms with E-state index in [1.807, 2.05) is 7.05 Å². The van der Waals surface area contributed by atoms with Crippen LogP contribution in [0, 0.1) is 5.92 Å². The summed E-state index contributed by atoms with van der Waals surface area (Å²) in [6, 6.07) is 0. The van der Waals surface area contributed by atoms with Gasteiger partial charge in [-0.15, -0.1) is 0 Å². The van der Waals surface area contributed by atoms with Crippen LogP contribution in [-0.2, 0) is 4.79 Å². The highest BCUT2D eigenvalue weighted by atomic mass is 16.4. The van der Waals surface area contributed by atoms with Crippen LogP contribution in [0.5, 0.6) is 0 Å². The predicted octanol–water partition coefficient (Wildman–Crippen LogP) is 0.901. The van der Waals surface area contributed by atoms with E-state index >= 15 is 0 Å². The molecule has 0 radical (unpaired) electrons. The van der Waals surface area contributed by atoms with Crippen molar-refractivity contribution in [2.45, 2.75) is 12.8 Å². The average molecular weight is 226 g/mol. The molecular formula is C12H22N2O2. The van der Waals surface area contributed by atoms with Crippen molar-refractivity contribution in [1.82, 2.24) is 9.80 Å². The number of hydrogen-bond donors (Lipinski definition) is 1. The van der Waals surface area contributed by atoms with Crippen molar-refractivity contribution >= 4 is 5.97 Å². The van der Waals surface area contributed by atoms with E-state index in [9.17, 15) is 4.79 Å². The normalized spacial score (nSPS) is 23.1. The number of carbonyl (C=O) groups is 1. The molecule has 16 heavy (non-hydrogen) atoms.